The molecule has 4 heterocycles. The molecular formula is C27H33N7O3. The summed E-state index contributed by atoms with van der Waals surface area (Å²) in [5.41, 5.74) is 4.09. The molecule has 0 aliphatic carbocycles. The van der Waals surface area contributed by atoms with E-state index in [4.69, 9.17) is 24.2 Å². The number of benzene rings is 1. The predicted octanol–water partition coefficient (Wildman–Crippen LogP) is 3.29. The lowest BCUT2D eigenvalue weighted by atomic mass is 10.1. The Labute approximate surface area is 216 Å². The number of nitrogens with one attached hydrogen (secondary N) is 1. The Morgan fingerprint density at radius 2 is 1.95 bits per heavy atom. The molecule has 37 heavy (non-hydrogen) atoms. The maximum absolute atomic E-state index is 12.8. The standard InChI is InChI=1S/C27H33N7O3/c1-19-7-6-8-20(17-19)21-9-12-34(31-21)27-29-22-18-23(26(35)28-10-4-5-11-32(2)3)37-24(22)25(30-27)33-13-15-36-16-14-33/h6-9,12,17-18H,4-5,10-11,13-16H2,1-3H3,(H,28,35). The van der Waals surface area contributed by atoms with Gasteiger partial charge >= 0.3 is 0 Å². The molecule has 10 heteroatoms. The molecule has 4 aromatic rings. The van der Waals surface area contributed by atoms with Crippen LogP contribution in [0.5, 0.6) is 0 Å². The number of morpholine rings is 1. The SMILES string of the molecule is Cc1cccc(-c2ccn(-c3nc(N4CCOCC4)c4oc(C(=O)NCCCCN(C)C)cc4n3)n2)c1. The van der Waals surface area contributed by atoms with Crippen molar-refractivity contribution >= 4 is 22.8 Å². The molecular weight excluding hydrogens is 470 g/mol. The lowest BCUT2D eigenvalue weighted by Crippen LogP contribution is -2.37. The maximum Gasteiger partial charge on any atom is 0.287 e. The number of aromatic nitrogens is 4. The van der Waals surface area contributed by atoms with Crippen LogP contribution >= 0.6 is 0 Å². The normalized spacial score (nSPS) is 14.0. The van der Waals surface area contributed by atoms with Gasteiger partial charge in [0.2, 0.25) is 0 Å². The zero-order valence-corrected chi connectivity index (χ0v) is 21.6. The summed E-state index contributed by atoms with van der Waals surface area (Å²) in [4.78, 5) is 26.6. The Kier molecular flexibility index (Phi) is 7.47. The number of carbonyl (C=O) groups is 1. The monoisotopic (exact) mass is 503 g/mol. The molecule has 0 atom stereocenters. The van der Waals surface area contributed by atoms with E-state index in [1.807, 2.05) is 38.5 Å². The van der Waals surface area contributed by atoms with E-state index >= 15 is 0 Å². The van der Waals surface area contributed by atoms with E-state index in [0.29, 0.717) is 55.7 Å². The van der Waals surface area contributed by atoms with Gasteiger partial charge in [-0.05, 0) is 52.5 Å². The van der Waals surface area contributed by atoms with Crippen molar-refractivity contribution in [2.24, 2.45) is 0 Å². The number of hydrogen-bond donors (Lipinski definition) is 1. The molecule has 5 rings (SSSR count). The van der Waals surface area contributed by atoms with Crippen molar-refractivity contribution in [1.29, 1.82) is 0 Å². The van der Waals surface area contributed by atoms with Crippen LogP contribution in [-0.2, 0) is 4.74 Å². The Morgan fingerprint density at radius 3 is 2.73 bits per heavy atom. The highest BCUT2D eigenvalue weighted by Gasteiger charge is 2.23. The number of carbonyl (C=O) groups excluding carboxylic acids is 1. The fourth-order valence-electron chi connectivity index (χ4n) is 4.34. The van der Waals surface area contributed by atoms with Crippen molar-refractivity contribution in [3.05, 3.63) is 53.9 Å². The van der Waals surface area contributed by atoms with Gasteiger partial charge in [0.1, 0.15) is 5.52 Å². The minimum atomic E-state index is -0.252. The Bertz CT molecular complexity index is 1370. The number of unbranched alkanes of at least 4 members (excludes halogenated alkanes) is 1. The first-order valence-corrected chi connectivity index (χ1v) is 12.7. The number of amides is 1. The van der Waals surface area contributed by atoms with Crippen LogP contribution in [0.4, 0.5) is 5.82 Å². The highest BCUT2D eigenvalue weighted by molar-refractivity contribution is 5.97. The smallest absolute Gasteiger partial charge is 0.287 e. The highest BCUT2D eigenvalue weighted by Crippen LogP contribution is 2.29. The molecule has 1 amide bonds. The molecule has 0 spiro atoms. The van der Waals surface area contributed by atoms with Gasteiger partial charge in [-0.1, -0.05) is 23.8 Å². The number of aryl methyl sites for hydroxylation is 1. The van der Waals surface area contributed by atoms with Gasteiger partial charge in [0, 0.05) is 37.5 Å². The van der Waals surface area contributed by atoms with Crippen molar-refractivity contribution in [2.75, 3.05) is 58.4 Å². The first-order valence-electron chi connectivity index (χ1n) is 12.7. The van der Waals surface area contributed by atoms with Crippen molar-refractivity contribution in [3.63, 3.8) is 0 Å². The van der Waals surface area contributed by atoms with Crippen LogP contribution in [0.2, 0.25) is 0 Å². The van der Waals surface area contributed by atoms with E-state index in [9.17, 15) is 4.79 Å². The first-order chi connectivity index (χ1) is 18.0. The largest absolute Gasteiger partial charge is 0.445 e. The van der Waals surface area contributed by atoms with Crippen LogP contribution in [0.15, 0.2) is 47.0 Å². The summed E-state index contributed by atoms with van der Waals surface area (Å²) in [5, 5.41) is 7.69. The van der Waals surface area contributed by atoms with Gasteiger partial charge in [0.15, 0.2) is 17.2 Å². The fraction of sp³-hybridized carbons (Fsp3) is 0.407. The number of fused-ring (bicyclic) bond motifs is 1. The minimum absolute atomic E-state index is 0.226. The number of rotatable bonds is 9. The van der Waals surface area contributed by atoms with E-state index in [-0.39, 0.29) is 11.7 Å². The summed E-state index contributed by atoms with van der Waals surface area (Å²) in [6.45, 7) is 6.18. The van der Waals surface area contributed by atoms with Gasteiger partial charge in [-0.2, -0.15) is 10.1 Å². The Balaban J connectivity index is 1.44. The summed E-state index contributed by atoms with van der Waals surface area (Å²) in [7, 11) is 4.09. The van der Waals surface area contributed by atoms with Crippen molar-refractivity contribution in [2.45, 2.75) is 19.8 Å². The zero-order valence-electron chi connectivity index (χ0n) is 21.6. The molecule has 1 N–H and O–H groups in total. The van der Waals surface area contributed by atoms with Crippen LogP contribution in [0.3, 0.4) is 0 Å². The highest BCUT2D eigenvalue weighted by atomic mass is 16.5. The number of ether oxygens (including phenoxy) is 1. The van der Waals surface area contributed by atoms with Gasteiger partial charge in [-0.3, -0.25) is 4.79 Å². The second-order valence-corrected chi connectivity index (χ2v) is 9.55. The average molecular weight is 504 g/mol. The zero-order chi connectivity index (χ0) is 25.8. The minimum Gasteiger partial charge on any atom is -0.445 e. The van der Waals surface area contributed by atoms with E-state index in [0.717, 1.165) is 30.6 Å². The summed E-state index contributed by atoms with van der Waals surface area (Å²) >= 11 is 0. The van der Waals surface area contributed by atoms with Crippen molar-refractivity contribution < 1.29 is 13.9 Å². The van der Waals surface area contributed by atoms with Crippen LogP contribution < -0.4 is 10.2 Å². The number of nitrogens with zero attached hydrogens (tertiary/aromatic N) is 6. The van der Waals surface area contributed by atoms with Crippen molar-refractivity contribution in [1.82, 2.24) is 30.0 Å². The summed E-state index contributed by atoms with van der Waals surface area (Å²) in [5.74, 6) is 1.04. The topological polar surface area (TPSA) is 102 Å². The molecule has 1 fully saturated rings. The summed E-state index contributed by atoms with van der Waals surface area (Å²) < 4.78 is 13.2. The number of furan rings is 1. The second-order valence-electron chi connectivity index (χ2n) is 9.55. The van der Waals surface area contributed by atoms with E-state index in [1.165, 1.54) is 5.56 Å². The molecule has 0 bridgehead atoms. The lowest BCUT2D eigenvalue weighted by Gasteiger charge is -2.27. The van der Waals surface area contributed by atoms with Crippen LogP contribution in [-0.4, -0.2) is 84.0 Å². The molecule has 10 nitrogen and oxygen atoms in total. The third kappa shape index (κ3) is 5.81. The van der Waals surface area contributed by atoms with E-state index < -0.39 is 0 Å². The quantitative estimate of drug-likeness (QED) is 0.347. The maximum atomic E-state index is 12.8. The Morgan fingerprint density at radius 1 is 1.11 bits per heavy atom. The summed E-state index contributed by atoms with van der Waals surface area (Å²) in [6.07, 6.45) is 3.76. The lowest BCUT2D eigenvalue weighted by molar-refractivity contribution is 0.0927. The third-order valence-electron chi connectivity index (χ3n) is 6.30. The third-order valence-corrected chi connectivity index (χ3v) is 6.30. The van der Waals surface area contributed by atoms with Crippen LogP contribution in [0, 0.1) is 6.92 Å². The molecule has 1 aliphatic rings. The first kappa shape index (κ1) is 24.9. The van der Waals surface area contributed by atoms with Gasteiger partial charge in [-0.25, -0.2) is 9.67 Å². The van der Waals surface area contributed by atoms with E-state index in [1.54, 1.807) is 10.7 Å². The van der Waals surface area contributed by atoms with Gasteiger partial charge in [-0.15, -0.1) is 0 Å². The second kappa shape index (κ2) is 11.1. The van der Waals surface area contributed by atoms with Gasteiger partial charge in [0.05, 0.1) is 18.9 Å². The van der Waals surface area contributed by atoms with Gasteiger partial charge < -0.3 is 24.3 Å². The molecule has 1 aliphatic heterocycles. The molecule has 3 aromatic heterocycles. The number of hydrogen-bond acceptors (Lipinski definition) is 8. The van der Waals surface area contributed by atoms with E-state index in [2.05, 4.69) is 34.2 Å². The number of anilines is 1. The Hall–Kier alpha value is -3.76. The molecule has 0 saturated carbocycles. The fourth-order valence-corrected chi connectivity index (χ4v) is 4.34. The van der Waals surface area contributed by atoms with Gasteiger partial charge in [0.25, 0.3) is 11.9 Å². The molecule has 1 aromatic carbocycles. The summed E-state index contributed by atoms with van der Waals surface area (Å²) in [6, 6.07) is 11.8. The predicted molar refractivity (Wildman–Crippen MR) is 142 cm³/mol. The van der Waals surface area contributed by atoms with Crippen LogP contribution in [0.25, 0.3) is 28.3 Å². The molecule has 194 valence electrons. The van der Waals surface area contributed by atoms with Crippen LogP contribution in [0.1, 0.15) is 29.0 Å². The molecule has 1 saturated heterocycles. The molecule has 0 unspecified atom stereocenters. The van der Waals surface area contributed by atoms with Crippen molar-refractivity contribution in [3.8, 4) is 17.2 Å². The molecule has 0 radical (unpaired) electrons. The average Bonchev–Trinajstić information content (AvgIpc) is 3.56.